The minimum Gasteiger partial charge on any atom is -0.394 e. The Hall–Kier alpha value is -0.720. The van der Waals surface area contributed by atoms with Gasteiger partial charge < -0.3 is 89.3 Å². The van der Waals surface area contributed by atoms with Crippen LogP contribution in [0.2, 0.25) is 0 Å². The fourth-order valence-electron chi connectivity index (χ4n) is 14.1. The van der Waals surface area contributed by atoms with Gasteiger partial charge >= 0.3 is 0 Å². The van der Waals surface area contributed by atoms with Gasteiger partial charge in [0.1, 0.15) is 67.1 Å². The third kappa shape index (κ3) is 8.60. The van der Waals surface area contributed by atoms with E-state index in [1.807, 2.05) is 6.92 Å². The maximum Gasteiger partial charge on any atom is 0.187 e. The fourth-order valence-corrected chi connectivity index (χ4v) is 14.1. The van der Waals surface area contributed by atoms with Crippen molar-refractivity contribution >= 4 is 0 Å². The van der Waals surface area contributed by atoms with E-state index >= 15 is 0 Å². The average Bonchev–Trinajstić information content (AvgIpc) is 3.70. The Morgan fingerprint density at radius 3 is 2.00 bits per heavy atom. The van der Waals surface area contributed by atoms with Gasteiger partial charge in [-0.25, -0.2) is 0 Å². The van der Waals surface area contributed by atoms with Crippen LogP contribution in [0.15, 0.2) is 0 Å². The molecule has 4 aliphatic heterocycles. The maximum atomic E-state index is 12.0. The smallest absolute Gasteiger partial charge is 0.187 e. The van der Waals surface area contributed by atoms with Gasteiger partial charge in [-0.2, -0.15) is 0 Å². The van der Waals surface area contributed by atoms with Gasteiger partial charge in [0.2, 0.25) is 0 Å². The molecule has 364 valence electrons. The molecule has 0 radical (unpaired) electrons. The lowest BCUT2D eigenvalue weighted by Crippen LogP contribution is -2.64. The van der Waals surface area contributed by atoms with Gasteiger partial charge in [0.15, 0.2) is 24.7 Å². The number of aliphatic hydroxyl groups is 11. The van der Waals surface area contributed by atoms with Crippen molar-refractivity contribution in [3.05, 3.63) is 0 Å². The number of aliphatic hydroxyl groups excluding tert-OH is 10. The Bertz CT molecular complexity index is 1540. The SMILES string of the molecule is C[C@H](CC[C@@]1(O)OC2CC3C4CCC5CC(O[C@@H]6O[C@H](CO)[C@@H](O[C@H]7O[C@@H](C)[C@H](O)[C@@H](O)[C@H]7O)[C@H](O)[C@H]6O)CCC5(C)C4CCC3(C)C2[C@@H]1C)CO[C@@H]1O[C@H](CO)[C@@H](O)[C@H](O)[C@H]1O. The van der Waals surface area contributed by atoms with Crippen molar-refractivity contribution in [2.75, 3.05) is 19.8 Å². The van der Waals surface area contributed by atoms with Crippen molar-refractivity contribution in [2.45, 2.75) is 209 Å². The summed E-state index contributed by atoms with van der Waals surface area (Å²) in [7, 11) is 0. The molecule has 8 rings (SSSR count). The summed E-state index contributed by atoms with van der Waals surface area (Å²) in [6, 6.07) is 0. The highest BCUT2D eigenvalue weighted by Crippen LogP contribution is 2.71. The van der Waals surface area contributed by atoms with E-state index < -0.39 is 111 Å². The fraction of sp³-hybridized carbons (Fsp3) is 1.00. The lowest BCUT2D eigenvalue weighted by molar-refractivity contribution is -0.361. The summed E-state index contributed by atoms with van der Waals surface area (Å²) in [4.78, 5) is 0. The molecule has 9 unspecified atom stereocenters. The van der Waals surface area contributed by atoms with Gasteiger partial charge in [0.05, 0.1) is 38.1 Å². The Balaban J connectivity index is 0.836. The van der Waals surface area contributed by atoms with Crippen LogP contribution in [0.25, 0.3) is 0 Å². The van der Waals surface area contributed by atoms with E-state index in [2.05, 4.69) is 20.8 Å². The van der Waals surface area contributed by atoms with Crippen molar-refractivity contribution in [1.29, 1.82) is 0 Å². The van der Waals surface area contributed by atoms with Crippen LogP contribution in [-0.2, 0) is 33.2 Å². The number of rotatable bonds is 12. The molecule has 0 aromatic carbocycles. The van der Waals surface area contributed by atoms with E-state index in [-0.39, 0.29) is 47.4 Å². The van der Waals surface area contributed by atoms with E-state index in [1.165, 1.54) is 6.92 Å². The molecule has 11 N–H and O–H groups in total. The highest BCUT2D eigenvalue weighted by Gasteiger charge is 2.68. The van der Waals surface area contributed by atoms with Gasteiger partial charge in [-0.15, -0.1) is 0 Å². The van der Waals surface area contributed by atoms with Gasteiger partial charge in [-0.05, 0) is 111 Å². The van der Waals surface area contributed by atoms with Crippen LogP contribution in [0, 0.1) is 52.3 Å². The first kappa shape index (κ1) is 48.7. The average molecular weight is 905 g/mol. The van der Waals surface area contributed by atoms with Crippen LogP contribution in [0.1, 0.15) is 98.8 Å². The Kier molecular flexibility index (Phi) is 14.4. The van der Waals surface area contributed by atoms with Crippen LogP contribution >= 0.6 is 0 Å². The molecular formula is C45H76O18. The molecule has 4 saturated heterocycles. The summed E-state index contributed by atoms with van der Waals surface area (Å²) in [5.41, 5.74) is 0.120. The largest absolute Gasteiger partial charge is 0.394 e. The van der Waals surface area contributed by atoms with Crippen molar-refractivity contribution in [3.63, 3.8) is 0 Å². The Morgan fingerprint density at radius 2 is 1.29 bits per heavy atom. The first-order valence-electron chi connectivity index (χ1n) is 23.7. The van der Waals surface area contributed by atoms with Gasteiger partial charge in [0.25, 0.3) is 0 Å². The minimum atomic E-state index is -1.64. The summed E-state index contributed by atoms with van der Waals surface area (Å²) in [6.45, 7) is 9.55. The van der Waals surface area contributed by atoms with Crippen LogP contribution in [0.3, 0.4) is 0 Å². The van der Waals surface area contributed by atoms with E-state index in [9.17, 15) is 56.2 Å². The standard InChI is InChI=1S/C45H76O18/c1-19(18-57-40-36(53)34(51)32(49)28(16-46)60-40)8-13-45(56)20(2)30-27(63-45)15-26-24-7-6-22-14-23(9-11-43(22,4)25(24)10-12-44(26,30)5)59-42-38(55)35(52)39(29(17-47)61-42)62-41-37(54)33(50)31(48)21(3)58-41/h19-42,46-56H,6-18H2,1-5H3/t19-,20+,21+,22?,23?,24?,25?,26?,27?,28-,29-,30?,31+,32-,33-,34+,35-,36-,37-,38-,39-,40-,41-,42-,43?,44?,45-/m1/s1. The predicted molar refractivity (Wildman–Crippen MR) is 218 cm³/mol. The third-order valence-corrected chi connectivity index (χ3v) is 17.9. The van der Waals surface area contributed by atoms with Crippen LogP contribution < -0.4 is 0 Å². The second kappa shape index (κ2) is 18.6. The first-order chi connectivity index (χ1) is 29.8. The highest BCUT2D eigenvalue weighted by molar-refractivity contribution is 5.15. The lowest BCUT2D eigenvalue weighted by atomic mass is 9.44. The second-order valence-corrected chi connectivity index (χ2v) is 21.4. The number of hydrogen-bond acceptors (Lipinski definition) is 18. The Labute approximate surface area is 369 Å². The second-order valence-electron chi connectivity index (χ2n) is 21.4. The molecule has 0 spiro atoms. The number of fused-ring (bicyclic) bond motifs is 7. The monoisotopic (exact) mass is 905 g/mol. The van der Waals surface area contributed by atoms with Gasteiger partial charge in [0, 0.05) is 12.3 Å². The topological polar surface area (TPSA) is 287 Å². The zero-order chi connectivity index (χ0) is 45.5. The quantitative estimate of drug-likeness (QED) is 0.107. The molecule has 4 aliphatic carbocycles. The van der Waals surface area contributed by atoms with Crippen molar-refractivity contribution in [1.82, 2.24) is 0 Å². The van der Waals surface area contributed by atoms with Crippen molar-refractivity contribution < 1.29 is 89.3 Å². The first-order valence-corrected chi connectivity index (χ1v) is 23.7. The number of hydrogen-bond donors (Lipinski definition) is 11. The van der Waals surface area contributed by atoms with E-state index in [0.717, 1.165) is 51.4 Å². The Morgan fingerprint density at radius 1 is 0.651 bits per heavy atom. The molecule has 0 bridgehead atoms. The summed E-state index contributed by atoms with van der Waals surface area (Å²) >= 11 is 0. The van der Waals surface area contributed by atoms with Gasteiger partial charge in [-0.3, -0.25) is 0 Å². The molecule has 0 aromatic rings. The molecule has 8 fully saturated rings. The minimum absolute atomic E-state index is 0.0255. The van der Waals surface area contributed by atoms with E-state index in [4.69, 9.17) is 33.2 Å². The van der Waals surface area contributed by atoms with Gasteiger partial charge in [-0.1, -0.05) is 27.7 Å². The molecular weight excluding hydrogens is 828 g/mol. The zero-order valence-electron chi connectivity index (χ0n) is 37.3. The molecule has 8 aliphatic rings. The molecule has 63 heavy (non-hydrogen) atoms. The summed E-state index contributed by atoms with van der Waals surface area (Å²) in [5, 5.41) is 116. The third-order valence-electron chi connectivity index (χ3n) is 17.9. The van der Waals surface area contributed by atoms with E-state index in [0.29, 0.717) is 36.5 Å². The van der Waals surface area contributed by atoms with Crippen LogP contribution in [-0.4, -0.2) is 186 Å². The van der Waals surface area contributed by atoms with Crippen molar-refractivity contribution in [2.24, 2.45) is 52.3 Å². The van der Waals surface area contributed by atoms with Crippen LogP contribution in [0.4, 0.5) is 0 Å². The zero-order valence-corrected chi connectivity index (χ0v) is 37.3. The lowest BCUT2D eigenvalue weighted by Gasteiger charge is -2.61. The predicted octanol–water partition coefficient (Wildman–Crippen LogP) is -0.752. The molecule has 0 aromatic heterocycles. The highest BCUT2D eigenvalue weighted by atomic mass is 16.7. The number of ether oxygens (including phenoxy) is 7. The van der Waals surface area contributed by atoms with Crippen LogP contribution in [0.5, 0.6) is 0 Å². The molecule has 27 atom stereocenters. The van der Waals surface area contributed by atoms with Crippen molar-refractivity contribution in [3.8, 4) is 0 Å². The molecule has 4 heterocycles. The molecule has 18 nitrogen and oxygen atoms in total. The van der Waals surface area contributed by atoms with E-state index in [1.54, 1.807) is 0 Å². The normalized spacial score (nSPS) is 56.3. The summed E-state index contributed by atoms with van der Waals surface area (Å²) < 4.78 is 41.7. The molecule has 4 saturated carbocycles. The molecule has 18 heteroatoms. The summed E-state index contributed by atoms with van der Waals surface area (Å²) in [6.07, 6.45) is -11.9. The maximum absolute atomic E-state index is 12.0. The summed E-state index contributed by atoms with van der Waals surface area (Å²) in [5.74, 6) is 0.753. The molecule has 0 amide bonds.